The molecule has 102 valence electrons. The lowest BCUT2D eigenvalue weighted by molar-refractivity contribution is 0.601. The van der Waals surface area contributed by atoms with Crippen LogP contribution in [0.25, 0.3) is 10.9 Å². The first-order chi connectivity index (χ1) is 8.85. The number of pyridine rings is 1. The van der Waals surface area contributed by atoms with Gasteiger partial charge in [-0.2, -0.15) is 0 Å². The molecule has 0 fully saturated rings. The Morgan fingerprint density at radius 2 is 2.05 bits per heavy atom. The topological polar surface area (TPSA) is 79.0 Å². The first-order valence-corrected chi connectivity index (χ1v) is 7.65. The van der Waals surface area contributed by atoms with Crippen LogP contribution < -0.4 is 10.9 Å². The highest BCUT2D eigenvalue weighted by atomic mass is 32.2. The molecule has 0 bridgehead atoms. The highest BCUT2D eigenvalue weighted by Crippen LogP contribution is 2.20. The summed E-state index contributed by atoms with van der Waals surface area (Å²) < 4.78 is 35.7. The second-order valence-electron chi connectivity index (χ2n) is 4.30. The number of sulfone groups is 1. The minimum Gasteiger partial charge on any atom is -0.382 e. The molecular formula is C12H13FN2O3S. The summed E-state index contributed by atoms with van der Waals surface area (Å²) in [6.45, 7) is 0.109. The van der Waals surface area contributed by atoms with E-state index in [0.29, 0.717) is 10.9 Å². The van der Waals surface area contributed by atoms with Crippen molar-refractivity contribution in [2.75, 3.05) is 23.9 Å². The van der Waals surface area contributed by atoms with Crippen molar-refractivity contribution in [3.05, 3.63) is 40.4 Å². The standard InChI is InChI=1S/C12H13FN2O3S/c1-19(17,18)5-4-14-11-7-10-8(6-9(11)13)2-3-12(16)15-10/h2-3,6-7,14H,4-5H2,1H3,(H,15,16). The van der Waals surface area contributed by atoms with Crippen molar-refractivity contribution in [3.63, 3.8) is 0 Å². The van der Waals surface area contributed by atoms with Crippen molar-refractivity contribution >= 4 is 26.4 Å². The molecule has 19 heavy (non-hydrogen) atoms. The molecule has 1 heterocycles. The summed E-state index contributed by atoms with van der Waals surface area (Å²) in [5.74, 6) is -0.580. The smallest absolute Gasteiger partial charge is 0.248 e. The zero-order valence-corrected chi connectivity index (χ0v) is 11.1. The maximum Gasteiger partial charge on any atom is 0.248 e. The lowest BCUT2D eigenvalue weighted by Crippen LogP contribution is -2.15. The van der Waals surface area contributed by atoms with Crippen molar-refractivity contribution in [1.29, 1.82) is 0 Å². The lowest BCUT2D eigenvalue weighted by atomic mass is 10.2. The van der Waals surface area contributed by atoms with Crippen molar-refractivity contribution in [3.8, 4) is 0 Å². The molecule has 2 rings (SSSR count). The van der Waals surface area contributed by atoms with E-state index in [4.69, 9.17) is 0 Å². The van der Waals surface area contributed by atoms with Gasteiger partial charge in [-0.05, 0) is 18.2 Å². The third-order valence-electron chi connectivity index (χ3n) is 2.60. The highest BCUT2D eigenvalue weighted by molar-refractivity contribution is 7.90. The van der Waals surface area contributed by atoms with E-state index in [0.717, 1.165) is 6.26 Å². The molecule has 0 atom stereocenters. The van der Waals surface area contributed by atoms with Gasteiger partial charge in [-0.15, -0.1) is 0 Å². The van der Waals surface area contributed by atoms with Crippen LogP contribution in [0.15, 0.2) is 29.1 Å². The molecule has 2 aromatic rings. The summed E-state index contributed by atoms with van der Waals surface area (Å²) in [4.78, 5) is 13.8. The fourth-order valence-corrected chi connectivity index (χ4v) is 2.15. The van der Waals surface area contributed by atoms with Gasteiger partial charge in [0.15, 0.2) is 0 Å². The minimum atomic E-state index is -3.10. The molecule has 2 N–H and O–H groups in total. The van der Waals surface area contributed by atoms with Crippen LogP contribution >= 0.6 is 0 Å². The van der Waals surface area contributed by atoms with E-state index >= 15 is 0 Å². The second-order valence-corrected chi connectivity index (χ2v) is 6.56. The van der Waals surface area contributed by atoms with E-state index in [1.807, 2.05) is 0 Å². The Hall–Kier alpha value is -1.89. The van der Waals surface area contributed by atoms with Gasteiger partial charge in [0, 0.05) is 24.3 Å². The monoisotopic (exact) mass is 284 g/mol. The van der Waals surface area contributed by atoms with E-state index in [2.05, 4.69) is 10.3 Å². The molecule has 1 aromatic carbocycles. The molecule has 0 radical (unpaired) electrons. The molecule has 5 nitrogen and oxygen atoms in total. The van der Waals surface area contributed by atoms with Gasteiger partial charge in [0.25, 0.3) is 0 Å². The lowest BCUT2D eigenvalue weighted by Gasteiger charge is -2.08. The maximum atomic E-state index is 13.7. The van der Waals surface area contributed by atoms with E-state index in [1.54, 1.807) is 0 Å². The Morgan fingerprint density at radius 3 is 2.74 bits per heavy atom. The average molecular weight is 284 g/mol. The number of aromatic amines is 1. The largest absolute Gasteiger partial charge is 0.382 e. The Balaban J connectivity index is 2.28. The van der Waals surface area contributed by atoms with Crippen LogP contribution in [-0.2, 0) is 9.84 Å². The number of H-pyrrole nitrogens is 1. The zero-order valence-electron chi connectivity index (χ0n) is 10.2. The molecule has 0 aliphatic carbocycles. The molecule has 0 saturated heterocycles. The van der Waals surface area contributed by atoms with Gasteiger partial charge in [-0.25, -0.2) is 12.8 Å². The number of halogens is 1. The van der Waals surface area contributed by atoms with Crippen LogP contribution in [0.1, 0.15) is 0 Å². The number of nitrogens with one attached hydrogen (secondary N) is 2. The molecule has 0 spiro atoms. The molecule has 0 aliphatic rings. The Morgan fingerprint density at radius 1 is 1.32 bits per heavy atom. The van der Waals surface area contributed by atoms with Crippen molar-refractivity contribution in [2.45, 2.75) is 0 Å². The van der Waals surface area contributed by atoms with Gasteiger partial charge >= 0.3 is 0 Å². The molecule has 0 saturated carbocycles. The summed E-state index contributed by atoms with van der Waals surface area (Å²) in [5.41, 5.74) is 0.384. The number of hydrogen-bond donors (Lipinski definition) is 2. The summed E-state index contributed by atoms with van der Waals surface area (Å²) in [6, 6.07) is 5.58. The summed E-state index contributed by atoms with van der Waals surface area (Å²) >= 11 is 0. The molecule has 0 amide bonds. The maximum absolute atomic E-state index is 13.7. The molecule has 1 aromatic heterocycles. The Bertz CT molecular complexity index is 768. The number of fused-ring (bicyclic) bond motifs is 1. The normalized spacial score (nSPS) is 11.7. The van der Waals surface area contributed by atoms with E-state index in [-0.39, 0.29) is 23.5 Å². The first kappa shape index (κ1) is 13.5. The van der Waals surface area contributed by atoms with Crippen LogP contribution in [0.4, 0.5) is 10.1 Å². The van der Waals surface area contributed by atoms with E-state index < -0.39 is 15.7 Å². The summed E-state index contributed by atoms with van der Waals surface area (Å²) in [5, 5.41) is 3.28. The fourth-order valence-electron chi connectivity index (χ4n) is 1.68. The number of rotatable bonds is 4. The summed E-state index contributed by atoms with van der Waals surface area (Å²) in [7, 11) is -3.10. The third-order valence-corrected chi connectivity index (χ3v) is 3.55. The van der Waals surface area contributed by atoms with Gasteiger partial charge < -0.3 is 10.3 Å². The van der Waals surface area contributed by atoms with Gasteiger partial charge in [0.05, 0.1) is 17.0 Å². The highest BCUT2D eigenvalue weighted by Gasteiger charge is 2.07. The number of anilines is 1. The minimum absolute atomic E-state index is 0.0875. The second kappa shape index (κ2) is 5.00. The Labute approximate surface area is 109 Å². The van der Waals surface area contributed by atoms with Crippen LogP contribution in [0.2, 0.25) is 0 Å². The zero-order chi connectivity index (χ0) is 14.0. The SMILES string of the molecule is CS(=O)(=O)CCNc1cc2[nH]c(=O)ccc2cc1F. The van der Waals surface area contributed by atoms with Crippen LogP contribution in [0.3, 0.4) is 0 Å². The number of benzene rings is 1. The van der Waals surface area contributed by atoms with Crippen LogP contribution in [0.5, 0.6) is 0 Å². The number of aromatic nitrogens is 1. The van der Waals surface area contributed by atoms with Gasteiger partial charge in [-0.1, -0.05) is 0 Å². The predicted molar refractivity (Wildman–Crippen MR) is 72.7 cm³/mol. The van der Waals surface area contributed by atoms with Crippen molar-refractivity contribution in [2.24, 2.45) is 0 Å². The van der Waals surface area contributed by atoms with Gasteiger partial charge in [0.1, 0.15) is 15.7 Å². The molecular weight excluding hydrogens is 271 g/mol. The average Bonchev–Trinajstić information content (AvgIpc) is 2.29. The van der Waals surface area contributed by atoms with E-state index in [1.165, 1.54) is 24.3 Å². The quantitative estimate of drug-likeness (QED) is 0.882. The molecule has 0 unspecified atom stereocenters. The summed E-state index contributed by atoms with van der Waals surface area (Å²) in [6.07, 6.45) is 1.11. The van der Waals surface area contributed by atoms with Crippen LogP contribution in [0, 0.1) is 5.82 Å². The predicted octanol–water partition coefficient (Wildman–Crippen LogP) is 1.12. The van der Waals surface area contributed by atoms with Gasteiger partial charge in [-0.3, -0.25) is 4.79 Å². The van der Waals surface area contributed by atoms with Crippen LogP contribution in [-0.4, -0.2) is 32.0 Å². The van der Waals surface area contributed by atoms with Crippen molar-refractivity contribution in [1.82, 2.24) is 4.98 Å². The first-order valence-electron chi connectivity index (χ1n) is 5.59. The number of hydrogen-bond acceptors (Lipinski definition) is 4. The van der Waals surface area contributed by atoms with Crippen molar-refractivity contribution < 1.29 is 12.8 Å². The van der Waals surface area contributed by atoms with Gasteiger partial charge in [0.2, 0.25) is 5.56 Å². The fraction of sp³-hybridized carbons (Fsp3) is 0.250. The Kier molecular flexibility index (Phi) is 3.57. The molecule has 7 heteroatoms. The van der Waals surface area contributed by atoms with E-state index in [9.17, 15) is 17.6 Å². The molecule has 0 aliphatic heterocycles. The third kappa shape index (κ3) is 3.54.